The molecule has 1 aliphatic heterocycles. The van der Waals surface area contributed by atoms with Crippen LogP contribution in [0.15, 0.2) is 30.3 Å². The number of carbonyl (C=O) groups excluding carboxylic acids is 2. The van der Waals surface area contributed by atoms with E-state index in [4.69, 9.17) is 0 Å². The molecule has 0 radical (unpaired) electrons. The zero-order valence-corrected chi connectivity index (χ0v) is 11.6. The smallest absolute Gasteiger partial charge is 0.253 e. The molecule has 0 aliphatic carbocycles. The highest BCUT2D eigenvalue weighted by Crippen LogP contribution is 2.28. The van der Waals surface area contributed by atoms with Gasteiger partial charge in [0.25, 0.3) is 5.91 Å². The zero-order chi connectivity index (χ0) is 14.0. The average molecular weight is 260 g/mol. The van der Waals surface area contributed by atoms with Crippen LogP contribution in [0.3, 0.4) is 0 Å². The van der Waals surface area contributed by atoms with Crippen molar-refractivity contribution in [2.75, 3.05) is 6.54 Å². The van der Waals surface area contributed by atoms with Gasteiger partial charge in [-0.1, -0.05) is 37.3 Å². The van der Waals surface area contributed by atoms with Crippen LogP contribution >= 0.6 is 0 Å². The Balaban J connectivity index is 2.41. The highest BCUT2D eigenvalue weighted by molar-refractivity contribution is 5.99. The molecule has 2 unspecified atom stereocenters. The fourth-order valence-electron chi connectivity index (χ4n) is 2.51. The van der Waals surface area contributed by atoms with Gasteiger partial charge in [-0.2, -0.15) is 0 Å². The van der Waals surface area contributed by atoms with E-state index in [2.05, 4.69) is 5.32 Å². The summed E-state index contributed by atoms with van der Waals surface area (Å²) < 4.78 is 0. The third kappa shape index (κ3) is 2.23. The standard InChI is InChI=1S/C15H20N2O2/c1-4-10-17-11(2)13(18)16-15(3,14(17)19)12-8-6-5-7-9-12/h5-9,11H,4,10H2,1-3H3,(H,16,18). The van der Waals surface area contributed by atoms with Crippen LogP contribution in [-0.4, -0.2) is 29.3 Å². The highest BCUT2D eigenvalue weighted by atomic mass is 16.2. The second-order valence-electron chi connectivity index (χ2n) is 5.15. The molecule has 1 aromatic rings. The minimum absolute atomic E-state index is 0.0346. The summed E-state index contributed by atoms with van der Waals surface area (Å²) in [4.78, 5) is 26.5. The van der Waals surface area contributed by atoms with Gasteiger partial charge in [-0.05, 0) is 25.8 Å². The molecule has 1 heterocycles. The van der Waals surface area contributed by atoms with E-state index in [1.165, 1.54) is 0 Å². The fourth-order valence-corrected chi connectivity index (χ4v) is 2.51. The Morgan fingerprint density at radius 1 is 1.26 bits per heavy atom. The van der Waals surface area contributed by atoms with Crippen LogP contribution in [-0.2, 0) is 15.1 Å². The van der Waals surface area contributed by atoms with E-state index < -0.39 is 11.6 Å². The largest absolute Gasteiger partial charge is 0.336 e. The van der Waals surface area contributed by atoms with E-state index in [-0.39, 0.29) is 11.8 Å². The van der Waals surface area contributed by atoms with Crippen molar-refractivity contribution in [3.05, 3.63) is 35.9 Å². The Hall–Kier alpha value is -1.84. The molecular weight excluding hydrogens is 240 g/mol. The number of hydrogen-bond acceptors (Lipinski definition) is 2. The number of benzene rings is 1. The predicted octanol–water partition coefficient (Wildman–Crippen LogP) is 1.66. The van der Waals surface area contributed by atoms with E-state index in [1.54, 1.807) is 18.7 Å². The van der Waals surface area contributed by atoms with Crippen LogP contribution in [0.2, 0.25) is 0 Å². The minimum atomic E-state index is -0.958. The third-order valence-corrected chi connectivity index (χ3v) is 3.72. The third-order valence-electron chi connectivity index (χ3n) is 3.72. The lowest BCUT2D eigenvalue weighted by atomic mass is 9.87. The van der Waals surface area contributed by atoms with Crippen molar-refractivity contribution in [2.45, 2.75) is 38.8 Å². The first kappa shape index (κ1) is 13.6. The topological polar surface area (TPSA) is 49.4 Å². The molecule has 1 saturated heterocycles. The summed E-state index contributed by atoms with van der Waals surface area (Å²) in [6.45, 7) is 6.16. The van der Waals surface area contributed by atoms with Crippen LogP contribution in [0.4, 0.5) is 0 Å². The van der Waals surface area contributed by atoms with E-state index in [1.807, 2.05) is 37.3 Å². The van der Waals surface area contributed by atoms with Gasteiger partial charge in [0.15, 0.2) is 0 Å². The molecule has 0 aromatic heterocycles. The summed E-state index contributed by atoms with van der Waals surface area (Å²) in [5.74, 6) is -0.132. The molecular formula is C15H20N2O2. The van der Waals surface area contributed by atoms with E-state index in [0.29, 0.717) is 6.54 Å². The molecule has 1 aromatic carbocycles. The van der Waals surface area contributed by atoms with Crippen LogP contribution in [0.25, 0.3) is 0 Å². The minimum Gasteiger partial charge on any atom is -0.336 e. The maximum atomic E-state index is 12.7. The van der Waals surface area contributed by atoms with Gasteiger partial charge in [0.05, 0.1) is 0 Å². The lowest BCUT2D eigenvalue weighted by molar-refractivity contribution is -0.154. The molecule has 19 heavy (non-hydrogen) atoms. The van der Waals surface area contributed by atoms with Crippen LogP contribution < -0.4 is 5.32 Å². The van der Waals surface area contributed by atoms with Crippen LogP contribution in [0.1, 0.15) is 32.8 Å². The molecule has 4 heteroatoms. The molecule has 2 atom stereocenters. The van der Waals surface area contributed by atoms with E-state index >= 15 is 0 Å². The maximum absolute atomic E-state index is 12.7. The molecule has 1 N–H and O–H groups in total. The molecule has 2 amide bonds. The van der Waals surface area contributed by atoms with Gasteiger partial charge in [-0.15, -0.1) is 0 Å². The fraction of sp³-hybridized carbons (Fsp3) is 0.467. The predicted molar refractivity (Wildman–Crippen MR) is 73.4 cm³/mol. The van der Waals surface area contributed by atoms with E-state index in [9.17, 15) is 9.59 Å². The monoisotopic (exact) mass is 260 g/mol. The van der Waals surface area contributed by atoms with Crippen molar-refractivity contribution in [1.29, 1.82) is 0 Å². The number of rotatable bonds is 3. The molecule has 2 rings (SSSR count). The van der Waals surface area contributed by atoms with Crippen molar-refractivity contribution in [2.24, 2.45) is 0 Å². The first-order valence-corrected chi connectivity index (χ1v) is 6.69. The lowest BCUT2D eigenvalue weighted by Crippen LogP contribution is -2.66. The summed E-state index contributed by atoms with van der Waals surface area (Å²) in [5.41, 5.74) is -0.138. The van der Waals surface area contributed by atoms with Crippen molar-refractivity contribution in [1.82, 2.24) is 10.2 Å². The molecule has 0 spiro atoms. The average Bonchev–Trinajstić information content (AvgIpc) is 2.42. The second-order valence-corrected chi connectivity index (χ2v) is 5.15. The first-order valence-electron chi connectivity index (χ1n) is 6.69. The summed E-state index contributed by atoms with van der Waals surface area (Å²) >= 11 is 0. The van der Waals surface area contributed by atoms with Crippen molar-refractivity contribution < 1.29 is 9.59 Å². The number of nitrogens with one attached hydrogen (secondary N) is 1. The molecule has 4 nitrogen and oxygen atoms in total. The summed E-state index contributed by atoms with van der Waals surface area (Å²) in [5, 5.41) is 2.87. The van der Waals surface area contributed by atoms with Crippen LogP contribution in [0.5, 0.6) is 0 Å². The second kappa shape index (κ2) is 5.03. The van der Waals surface area contributed by atoms with Gasteiger partial charge < -0.3 is 10.2 Å². The van der Waals surface area contributed by atoms with Crippen molar-refractivity contribution in [3.8, 4) is 0 Å². The molecule has 1 aliphatic rings. The Kier molecular flexibility index (Phi) is 3.60. The molecule has 0 saturated carbocycles. The van der Waals surface area contributed by atoms with Gasteiger partial charge in [-0.25, -0.2) is 0 Å². The van der Waals surface area contributed by atoms with E-state index in [0.717, 1.165) is 12.0 Å². The number of hydrogen-bond donors (Lipinski definition) is 1. The Bertz CT molecular complexity index is 486. The normalized spacial score (nSPS) is 27.3. The highest BCUT2D eigenvalue weighted by Gasteiger charge is 2.47. The number of nitrogens with zero attached hydrogens (tertiary/aromatic N) is 1. The molecule has 0 bridgehead atoms. The SMILES string of the molecule is CCCN1C(=O)C(C)(c2ccccc2)NC(=O)C1C. The number of piperazine rings is 1. The Morgan fingerprint density at radius 3 is 2.47 bits per heavy atom. The van der Waals surface area contributed by atoms with Gasteiger partial charge >= 0.3 is 0 Å². The Labute approximate surface area is 113 Å². The first-order chi connectivity index (χ1) is 9.00. The van der Waals surface area contributed by atoms with Gasteiger partial charge in [0.2, 0.25) is 5.91 Å². The maximum Gasteiger partial charge on any atom is 0.253 e. The van der Waals surface area contributed by atoms with Crippen molar-refractivity contribution in [3.63, 3.8) is 0 Å². The molecule has 102 valence electrons. The quantitative estimate of drug-likeness (QED) is 0.898. The summed E-state index contributed by atoms with van der Waals surface area (Å²) in [6, 6.07) is 9.00. The summed E-state index contributed by atoms with van der Waals surface area (Å²) in [6.07, 6.45) is 0.841. The Morgan fingerprint density at radius 2 is 1.89 bits per heavy atom. The molecule has 1 fully saturated rings. The lowest BCUT2D eigenvalue weighted by Gasteiger charge is -2.43. The van der Waals surface area contributed by atoms with Gasteiger partial charge in [0.1, 0.15) is 11.6 Å². The van der Waals surface area contributed by atoms with Crippen LogP contribution in [0, 0.1) is 0 Å². The zero-order valence-electron chi connectivity index (χ0n) is 11.6. The van der Waals surface area contributed by atoms with Crippen molar-refractivity contribution >= 4 is 11.8 Å². The van der Waals surface area contributed by atoms with Gasteiger partial charge in [-0.3, -0.25) is 9.59 Å². The summed E-state index contributed by atoms with van der Waals surface area (Å²) in [7, 11) is 0. The number of carbonyl (C=O) groups is 2. The number of amides is 2. The van der Waals surface area contributed by atoms with Gasteiger partial charge in [0, 0.05) is 6.54 Å².